The molecular weight excluding hydrogens is 178 g/mol. The molecule has 0 aliphatic heterocycles. The fourth-order valence-electron chi connectivity index (χ4n) is 1.10. The maximum atomic E-state index is 10.5. The zero-order chi connectivity index (χ0) is 10.6. The molecule has 0 spiro atoms. The van der Waals surface area contributed by atoms with Crippen molar-refractivity contribution in [2.75, 3.05) is 0 Å². The predicted octanol–water partition coefficient (Wildman–Crippen LogP) is 2.40. The molecule has 1 aliphatic rings. The average molecular weight is 193 g/mol. The molecule has 0 aromatic rings. The second kappa shape index (κ2) is 4.74. The maximum Gasteiger partial charge on any atom is 0.309 e. The van der Waals surface area contributed by atoms with Crippen molar-refractivity contribution in [3.63, 3.8) is 0 Å². The Morgan fingerprint density at radius 2 is 2.29 bits per heavy atom. The molecule has 0 saturated heterocycles. The van der Waals surface area contributed by atoms with E-state index in [0.717, 1.165) is 24.1 Å². The van der Waals surface area contributed by atoms with Gasteiger partial charge in [0.1, 0.15) is 0 Å². The van der Waals surface area contributed by atoms with E-state index in [1.165, 1.54) is 0 Å². The zero-order valence-corrected chi connectivity index (χ0v) is 8.36. The van der Waals surface area contributed by atoms with Gasteiger partial charge in [-0.2, -0.15) is 0 Å². The maximum absolute atomic E-state index is 10.5. The monoisotopic (exact) mass is 193 g/mol. The number of carboxylic acid groups (broad SMARTS) is 1. The van der Waals surface area contributed by atoms with E-state index in [4.69, 9.17) is 5.11 Å². The fraction of sp³-hybridized carbons (Fsp3) is 0.455. The number of hydrogen-bond donors (Lipinski definition) is 1. The van der Waals surface area contributed by atoms with E-state index in [9.17, 15) is 4.79 Å². The highest BCUT2D eigenvalue weighted by Gasteiger charge is 2.28. The molecule has 3 heteroatoms. The SMILES string of the molecule is C=C/C(C)=C\N=C(/CC(=O)O)C1CC1. The van der Waals surface area contributed by atoms with Crippen LogP contribution in [0, 0.1) is 5.92 Å². The second-order valence-electron chi connectivity index (χ2n) is 3.54. The Balaban J connectivity index is 2.66. The number of rotatable bonds is 5. The molecule has 0 aromatic heterocycles. The van der Waals surface area contributed by atoms with Crippen molar-refractivity contribution >= 4 is 11.7 Å². The van der Waals surface area contributed by atoms with Crippen molar-refractivity contribution in [1.29, 1.82) is 0 Å². The minimum absolute atomic E-state index is 0.0611. The van der Waals surface area contributed by atoms with Crippen LogP contribution in [0.2, 0.25) is 0 Å². The van der Waals surface area contributed by atoms with Gasteiger partial charge in [0.2, 0.25) is 0 Å². The minimum Gasteiger partial charge on any atom is -0.481 e. The molecular formula is C11H15NO2. The van der Waals surface area contributed by atoms with Crippen LogP contribution in [0.5, 0.6) is 0 Å². The van der Waals surface area contributed by atoms with Gasteiger partial charge >= 0.3 is 5.97 Å². The lowest BCUT2D eigenvalue weighted by molar-refractivity contribution is -0.135. The highest BCUT2D eigenvalue weighted by atomic mass is 16.4. The van der Waals surface area contributed by atoms with Gasteiger partial charge in [-0.25, -0.2) is 0 Å². The average Bonchev–Trinajstić information content (AvgIpc) is 2.94. The van der Waals surface area contributed by atoms with Crippen LogP contribution in [0.3, 0.4) is 0 Å². The summed E-state index contributed by atoms with van der Waals surface area (Å²) in [6.07, 6.45) is 5.60. The van der Waals surface area contributed by atoms with E-state index in [0.29, 0.717) is 5.92 Å². The molecule has 76 valence electrons. The van der Waals surface area contributed by atoms with Gasteiger partial charge in [-0.3, -0.25) is 9.79 Å². The van der Waals surface area contributed by atoms with Gasteiger partial charge in [0.15, 0.2) is 0 Å². The number of aliphatic imine (C=N–C) groups is 1. The summed E-state index contributed by atoms with van der Waals surface area (Å²) in [5.74, 6) is -0.403. The fourth-order valence-corrected chi connectivity index (χ4v) is 1.10. The third-order valence-corrected chi connectivity index (χ3v) is 2.14. The van der Waals surface area contributed by atoms with Gasteiger partial charge < -0.3 is 5.11 Å². The van der Waals surface area contributed by atoms with Gasteiger partial charge in [0.25, 0.3) is 0 Å². The molecule has 1 rings (SSSR count). The molecule has 0 aromatic carbocycles. The molecule has 14 heavy (non-hydrogen) atoms. The van der Waals surface area contributed by atoms with Crippen molar-refractivity contribution in [2.45, 2.75) is 26.2 Å². The Hall–Kier alpha value is -1.38. The van der Waals surface area contributed by atoms with Gasteiger partial charge in [-0.15, -0.1) is 0 Å². The zero-order valence-electron chi connectivity index (χ0n) is 8.36. The van der Waals surface area contributed by atoms with E-state index in [1.54, 1.807) is 12.3 Å². The normalized spacial score (nSPS) is 18.1. The highest BCUT2D eigenvalue weighted by Crippen LogP contribution is 2.32. The van der Waals surface area contributed by atoms with Gasteiger partial charge in [-0.05, 0) is 31.3 Å². The molecule has 1 aliphatic carbocycles. The number of carbonyl (C=O) groups is 1. The van der Waals surface area contributed by atoms with Crippen LogP contribution in [0.4, 0.5) is 0 Å². The topological polar surface area (TPSA) is 49.7 Å². The van der Waals surface area contributed by atoms with Crippen LogP contribution >= 0.6 is 0 Å². The molecule has 0 bridgehead atoms. The minimum atomic E-state index is -0.805. The number of aliphatic carboxylic acids is 1. The number of carboxylic acids is 1. The van der Waals surface area contributed by atoms with Crippen molar-refractivity contribution in [3.8, 4) is 0 Å². The molecule has 0 atom stereocenters. The first-order chi connectivity index (χ1) is 6.63. The van der Waals surface area contributed by atoms with Gasteiger partial charge in [-0.1, -0.05) is 12.7 Å². The number of nitrogens with zero attached hydrogens (tertiary/aromatic N) is 1. The van der Waals surface area contributed by atoms with E-state index in [2.05, 4.69) is 11.6 Å². The summed E-state index contributed by atoms with van der Waals surface area (Å²) in [7, 11) is 0. The van der Waals surface area contributed by atoms with Crippen molar-refractivity contribution < 1.29 is 9.90 Å². The summed E-state index contributed by atoms with van der Waals surface area (Å²) < 4.78 is 0. The summed E-state index contributed by atoms with van der Waals surface area (Å²) in [6, 6.07) is 0. The number of hydrogen-bond acceptors (Lipinski definition) is 2. The van der Waals surface area contributed by atoms with E-state index < -0.39 is 5.97 Å². The summed E-state index contributed by atoms with van der Waals surface area (Å²) in [5.41, 5.74) is 1.74. The summed E-state index contributed by atoms with van der Waals surface area (Å²) in [6.45, 7) is 5.50. The molecule has 0 unspecified atom stereocenters. The first kappa shape index (κ1) is 10.7. The van der Waals surface area contributed by atoms with Crippen LogP contribution in [-0.2, 0) is 4.79 Å². The summed E-state index contributed by atoms with van der Waals surface area (Å²) >= 11 is 0. The molecule has 3 nitrogen and oxygen atoms in total. The van der Waals surface area contributed by atoms with E-state index in [-0.39, 0.29) is 6.42 Å². The molecule has 0 radical (unpaired) electrons. The van der Waals surface area contributed by atoms with Crippen LogP contribution in [0.1, 0.15) is 26.2 Å². The van der Waals surface area contributed by atoms with Crippen LogP contribution < -0.4 is 0 Å². The smallest absolute Gasteiger partial charge is 0.309 e. The Morgan fingerprint density at radius 3 is 2.71 bits per heavy atom. The largest absolute Gasteiger partial charge is 0.481 e. The van der Waals surface area contributed by atoms with Crippen molar-refractivity contribution in [1.82, 2.24) is 0 Å². The quantitative estimate of drug-likeness (QED) is 0.538. The predicted molar refractivity (Wildman–Crippen MR) is 56.4 cm³/mol. The molecule has 1 fully saturated rings. The van der Waals surface area contributed by atoms with E-state index >= 15 is 0 Å². The molecule has 0 heterocycles. The third-order valence-electron chi connectivity index (χ3n) is 2.14. The van der Waals surface area contributed by atoms with Crippen LogP contribution in [-0.4, -0.2) is 16.8 Å². The van der Waals surface area contributed by atoms with Crippen molar-refractivity contribution in [3.05, 3.63) is 24.4 Å². The first-order valence-electron chi connectivity index (χ1n) is 4.71. The summed E-state index contributed by atoms with van der Waals surface area (Å²) in [4.78, 5) is 14.7. The summed E-state index contributed by atoms with van der Waals surface area (Å²) in [5, 5.41) is 8.66. The van der Waals surface area contributed by atoms with E-state index in [1.807, 2.05) is 6.92 Å². The lowest BCUT2D eigenvalue weighted by atomic mass is 10.2. The van der Waals surface area contributed by atoms with Crippen molar-refractivity contribution in [2.24, 2.45) is 10.9 Å². The lowest BCUT2D eigenvalue weighted by Gasteiger charge is -1.98. The lowest BCUT2D eigenvalue weighted by Crippen LogP contribution is -2.08. The Morgan fingerprint density at radius 1 is 1.64 bits per heavy atom. The standard InChI is InChI=1S/C11H15NO2/c1-3-8(2)7-12-10(6-11(13)14)9-4-5-9/h3,7,9H,1,4-6H2,2H3,(H,13,14)/b8-7-,12-10+. The molecule has 0 amide bonds. The van der Waals surface area contributed by atoms with Crippen LogP contribution in [0.15, 0.2) is 29.4 Å². The first-order valence-corrected chi connectivity index (χ1v) is 4.71. The third kappa shape index (κ3) is 3.56. The Labute approximate surface area is 83.9 Å². The molecule has 1 N–H and O–H groups in total. The van der Waals surface area contributed by atoms with Crippen LogP contribution in [0.25, 0.3) is 0 Å². The van der Waals surface area contributed by atoms with Gasteiger partial charge in [0, 0.05) is 11.9 Å². The Bertz CT molecular complexity index is 298. The van der Waals surface area contributed by atoms with Gasteiger partial charge in [0.05, 0.1) is 6.42 Å². The number of allylic oxidation sites excluding steroid dienone is 2. The second-order valence-corrected chi connectivity index (χ2v) is 3.54. The Kier molecular flexibility index (Phi) is 3.63. The molecule has 1 saturated carbocycles. The highest BCUT2D eigenvalue weighted by molar-refractivity contribution is 6.01.